The van der Waals surface area contributed by atoms with Crippen LogP contribution >= 0.6 is 0 Å². The van der Waals surface area contributed by atoms with E-state index in [0.29, 0.717) is 23.8 Å². The highest BCUT2D eigenvalue weighted by molar-refractivity contribution is 5.82. The number of aromatic nitrogens is 1. The van der Waals surface area contributed by atoms with Crippen molar-refractivity contribution < 1.29 is 19.0 Å². The molecule has 146 valence electrons. The van der Waals surface area contributed by atoms with E-state index >= 15 is 0 Å². The summed E-state index contributed by atoms with van der Waals surface area (Å²) in [6, 6.07) is 7.73. The first-order valence-electron chi connectivity index (χ1n) is 9.07. The molecule has 0 N–H and O–H groups in total. The first-order valence-corrected chi connectivity index (χ1v) is 9.07. The molecule has 0 aliphatic carbocycles. The number of nitrogens with zero attached hydrogens (tertiary/aromatic N) is 2. The number of hydrogen-bond acceptors (Lipinski definition) is 4. The van der Waals surface area contributed by atoms with E-state index in [1.165, 1.54) is 0 Å². The molecule has 1 aromatic carbocycles. The van der Waals surface area contributed by atoms with E-state index in [2.05, 4.69) is 16.8 Å². The van der Waals surface area contributed by atoms with Gasteiger partial charge < -0.3 is 23.7 Å². The number of methoxy groups -OCH3 is 3. The summed E-state index contributed by atoms with van der Waals surface area (Å²) in [7, 11) is 4.78. The average molecular weight is 372 g/mol. The molecule has 0 fully saturated rings. The third-order valence-electron chi connectivity index (χ3n) is 4.94. The Labute approximate surface area is 160 Å². The van der Waals surface area contributed by atoms with Gasteiger partial charge in [-0.1, -0.05) is 20.8 Å². The van der Waals surface area contributed by atoms with Gasteiger partial charge in [-0.2, -0.15) is 0 Å². The standard InChI is InChI=1S/C21H28N2O4/c1-21(2,3)20(24)23-11-10-22-9-7-8-15(22)18(23)14-12-16(25-4)19(27-6)17(13-14)26-5/h7-9,12-13,18H,10-11H2,1-6H3/t18-/m0/s1. The fraction of sp³-hybridized carbons (Fsp3) is 0.476. The van der Waals surface area contributed by atoms with Gasteiger partial charge in [0, 0.05) is 30.4 Å². The minimum absolute atomic E-state index is 0.119. The molecule has 0 bridgehead atoms. The van der Waals surface area contributed by atoms with Crippen LogP contribution in [0.5, 0.6) is 17.2 Å². The van der Waals surface area contributed by atoms with E-state index in [9.17, 15) is 4.79 Å². The normalized spacial score (nSPS) is 16.7. The molecule has 6 heteroatoms. The molecule has 1 aromatic heterocycles. The van der Waals surface area contributed by atoms with Crippen molar-refractivity contribution in [2.24, 2.45) is 5.41 Å². The van der Waals surface area contributed by atoms with Gasteiger partial charge in [-0.25, -0.2) is 0 Å². The van der Waals surface area contributed by atoms with E-state index in [-0.39, 0.29) is 11.9 Å². The first kappa shape index (κ1) is 19.1. The number of benzene rings is 1. The van der Waals surface area contributed by atoms with E-state index in [1.54, 1.807) is 21.3 Å². The first-order chi connectivity index (χ1) is 12.8. The van der Waals surface area contributed by atoms with Crippen LogP contribution in [0.1, 0.15) is 38.1 Å². The van der Waals surface area contributed by atoms with Gasteiger partial charge in [-0.05, 0) is 29.8 Å². The number of hydrogen-bond donors (Lipinski definition) is 0. The van der Waals surface area contributed by atoms with Crippen LogP contribution in [-0.2, 0) is 11.3 Å². The fourth-order valence-corrected chi connectivity index (χ4v) is 3.64. The number of carbonyl (C=O) groups excluding carboxylic acids is 1. The molecule has 1 atom stereocenters. The second-order valence-corrected chi connectivity index (χ2v) is 7.74. The Morgan fingerprint density at radius 2 is 1.67 bits per heavy atom. The van der Waals surface area contributed by atoms with Crippen LogP contribution in [0.25, 0.3) is 0 Å². The Balaban J connectivity index is 2.17. The van der Waals surface area contributed by atoms with E-state index in [1.807, 2.05) is 43.9 Å². The lowest BCUT2D eigenvalue weighted by molar-refractivity contribution is -0.142. The number of carbonyl (C=O) groups is 1. The molecule has 0 spiro atoms. The Kier molecular flexibility index (Phi) is 5.09. The Morgan fingerprint density at radius 1 is 1.04 bits per heavy atom. The molecule has 2 heterocycles. The maximum Gasteiger partial charge on any atom is 0.228 e. The molecule has 6 nitrogen and oxygen atoms in total. The summed E-state index contributed by atoms with van der Waals surface area (Å²) in [6.45, 7) is 7.30. The van der Waals surface area contributed by atoms with Crippen LogP contribution in [0.15, 0.2) is 30.5 Å². The van der Waals surface area contributed by atoms with Crippen molar-refractivity contribution in [3.05, 3.63) is 41.7 Å². The molecule has 0 saturated carbocycles. The van der Waals surface area contributed by atoms with Crippen LogP contribution in [0.3, 0.4) is 0 Å². The number of fused-ring (bicyclic) bond motifs is 1. The van der Waals surface area contributed by atoms with Crippen molar-refractivity contribution >= 4 is 5.91 Å². The van der Waals surface area contributed by atoms with Crippen molar-refractivity contribution in [1.82, 2.24) is 9.47 Å². The predicted molar refractivity (Wildman–Crippen MR) is 104 cm³/mol. The van der Waals surface area contributed by atoms with E-state index in [0.717, 1.165) is 17.8 Å². The summed E-state index contributed by atoms with van der Waals surface area (Å²) in [5, 5.41) is 0. The number of ether oxygens (including phenoxy) is 3. The second kappa shape index (κ2) is 7.18. The summed E-state index contributed by atoms with van der Waals surface area (Å²) in [4.78, 5) is 15.2. The monoisotopic (exact) mass is 372 g/mol. The largest absolute Gasteiger partial charge is 0.493 e. The predicted octanol–water partition coefficient (Wildman–Crippen LogP) is 3.49. The molecule has 0 radical (unpaired) electrons. The van der Waals surface area contributed by atoms with Crippen molar-refractivity contribution in [2.45, 2.75) is 33.4 Å². The van der Waals surface area contributed by atoms with Gasteiger partial charge in [0.25, 0.3) is 0 Å². The minimum atomic E-state index is -0.465. The third kappa shape index (κ3) is 3.36. The highest BCUT2D eigenvalue weighted by atomic mass is 16.5. The average Bonchev–Trinajstić information content (AvgIpc) is 3.13. The van der Waals surface area contributed by atoms with Crippen LogP contribution < -0.4 is 14.2 Å². The number of rotatable bonds is 4. The molecule has 0 unspecified atom stereocenters. The SMILES string of the molecule is COc1cc([C@H]2c3cccn3CCN2C(=O)C(C)(C)C)cc(OC)c1OC. The van der Waals surface area contributed by atoms with Gasteiger partial charge in [0.1, 0.15) is 0 Å². The molecule has 1 amide bonds. The Bertz CT molecular complexity index is 810. The molecule has 2 aromatic rings. The molecular weight excluding hydrogens is 344 g/mol. The van der Waals surface area contributed by atoms with E-state index < -0.39 is 5.41 Å². The summed E-state index contributed by atoms with van der Waals surface area (Å²) in [6.07, 6.45) is 2.05. The fourth-order valence-electron chi connectivity index (χ4n) is 3.64. The zero-order valence-electron chi connectivity index (χ0n) is 16.9. The number of amides is 1. The highest BCUT2D eigenvalue weighted by Crippen LogP contribution is 2.43. The van der Waals surface area contributed by atoms with Crippen LogP contribution in [0.2, 0.25) is 0 Å². The van der Waals surface area contributed by atoms with Gasteiger partial charge in [0.2, 0.25) is 11.7 Å². The third-order valence-corrected chi connectivity index (χ3v) is 4.94. The van der Waals surface area contributed by atoms with Gasteiger partial charge in [-0.15, -0.1) is 0 Å². The van der Waals surface area contributed by atoms with Gasteiger partial charge in [0.15, 0.2) is 11.5 Å². The molecule has 27 heavy (non-hydrogen) atoms. The quantitative estimate of drug-likeness (QED) is 0.824. The van der Waals surface area contributed by atoms with Gasteiger partial charge >= 0.3 is 0 Å². The molecular formula is C21H28N2O4. The highest BCUT2D eigenvalue weighted by Gasteiger charge is 2.37. The summed E-state index contributed by atoms with van der Waals surface area (Å²) >= 11 is 0. The van der Waals surface area contributed by atoms with Gasteiger partial charge in [-0.3, -0.25) is 4.79 Å². The van der Waals surface area contributed by atoms with E-state index in [4.69, 9.17) is 14.2 Å². The van der Waals surface area contributed by atoms with Crippen LogP contribution in [0.4, 0.5) is 0 Å². The van der Waals surface area contributed by atoms with Crippen molar-refractivity contribution in [1.29, 1.82) is 0 Å². The minimum Gasteiger partial charge on any atom is -0.493 e. The maximum atomic E-state index is 13.2. The summed E-state index contributed by atoms with van der Waals surface area (Å²) in [5.74, 6) is 1.83. The summed E-state index contributed by atoms with van der Waals surface area (Å²) in [5.41, 5.74) is 1.54. The van der Waals surface area contributed by atoms with Crippen molar-refractivity contribution in [2.75, 3.05) is 27.9 Å². The zero-order valence-corrected chi connectivity index (χ0v) is 16.9. The second-order valence-electron chi connectivity index (χ2n) is 7.74. The van der Waals surface area contributed by atoms with Crippen LogP contribution in [-0.4, -0.2) is 43.2 Å². The lowest BCUT2D eigenvalue weighted by atomic mass is 9.91. The molecule has 0 saturated heterocycles. The summed E-state index contributed by atoms with van der Waals surface area (Å²) < 4.78 is 18.7. The molecule has 1 aliphatic heterocycles. The molecule has 1 aliphatic rings. The lowest BCUT2D eigenvalue weighted by Crippen LogP contribution is -2.47. The smallest absolute Gasteiger partial charge is 0.228 e. The Hall–Kier alpha value is -2.63. The van der Waals surface area contributed by atoms with Crippen molar-refractivity contribution in [3.63, 3.8) is 0 Å². The zero-order chi connectivity index (χ0) is 19.8. The topological polar surface area (TPSA) is 52.9 Å². The van der Waals surface area contributed by atoms with Crippen molar-refractivity contribution in [3.8, 4) is 17.2 Å². The Morgan fingerprint density at radius 3 is 2.19 bits per heavy atom. The lowest BCUT2D eigenvalue weighted by Gasteiger charge is -2.40. The molecule has 3 rings (SSSR count). The van der Waals surface area contributed by atoms with Gasteiger partial charge in [0.05, 0.1) is 27.4 Å². The van der Waals surface area contributed by atoms with Crippen LogP contribution in [0, 0.1) is 5.41 Å². The maximum absolute atomic E-state index is 13.2.